The molecule has 2 aromatic rings. The Morgan fingerprint density at radius 1 is 1.21 bits per heavy atom. The summed E-state index contributed by atoms with van der Waals surface area (Å²) in [5, 5.41) is 10.4. The van der Waals surface area contributed by atoms with Gasteiger partial charge in [0.25, 0.3) is 0 Å². The lowest BCUT2D eigenvalue weighted by atomic mass is 10.2. The molecule has 2 heterocycles. The number of hydrogen-bond acceptors (Lipinski definition) is 6. The first-order chi connectivity index (χ1) is 11.5. The zero-order valence-corrected chi connectivity index (χ0v) is 16.6. The largest absolute Gasteiger partial charge is 0.411 e. The van der Waals surface area contributed by atoms with E-state index in [-0.39, 0.29) is 0 Å². The third-order valence-corrected chi connectivity index (χ3v) is 2.78. The average molecular weight is 353 g/mol. The van der Waals surface area contributed by atoms with E-state index in [0.717, 1.165) is 16.3 Å². The van der Waals surface area contributed by atoms with Gasteiger partial charge < -0.3 is 10.9 Å². The van der Waals surface area contributed by atoms with Gasteiger partial charge in [0.05, 0.1) is 9.88 Å². The average Bonchev–Trinajstić information content (AvgIpc) is 2.99. The Morgan fingerprint density at radius 2 is 1.67 bits per heavy atom. The number of thiazole rings is 1. The predicted molar refractivity (Wildman–Crippen MR) is 108 cm³/mol. The highest BCUT2D eigenvalue weighted by atomic mass is 32.1. The lowest BCUT2D eigenvalue weighted by Crippen LogP contribution is -1.79. The molecule has 0 aliphatic rings. The van der Waals surface area contributed by atoms with Gasteiger partial charge in [-0.2, -0.15) is 0 Å². The quantitative estimate of drug-likeness (QED) is 0.407. The summed E-state index contributed by atoms with van der Waals surface area (Å²) in [4.78, 5) is 9.64. The highest BCUT2D eigenvalue weighted by Crippen LogP contribution is 2.24. The number of hydrogen-bond donors (Lipinski definition) is 2. The van der Waals surface area contributed by atoms with Gasteiger partial charge in [-0.1, -0.05) is 46.8 Å². The minimum atomic E-state index is 1.05. The highest BCUT2D eigenvalue weighted by Gasteiger charge is 2.00. The van der Waals surface area contributed by atoms with Crippen molar-refractivity contribution in [1.82, 2.24) is 9.97 Å². The predicted octanol–water partition coefficient (Wildman–Crippen LogP) is 5.43. The molecule has 0 radical (unpaired) electrons. The monoisotopic (exact) mass is 352 g/mol. The van der Waals surface area contributed by atoms with Crippen LogP contribution in [0.3, 0.4) is 0 Å². The van der Waals surface area contributed by atoms with Crippen molar-refractivity contribution in [2.45, 2.75) is 48.0 Å². The molecule has 5 nitrogen and oxygen atoms in total. The van der Waals surface area contributed by atoms with Crippen molar-refractivity contribution in [3.63, 3.8) is 0 Å². The van der Waals surface area contributed by atoms with Gasteiger partial charge in [0.1, 0.15) is 0 Å². The van der Waals surface area contributed by atoms with E-state index in [2.05, 4.69) is 54.1 Å². The van der Waals surface area contributed by atoms with Crippen LogP contribution < -0.4 is 5.73 Å². The minimum absolute atomic E-state index is 1.05. The molecule has 2 aromatic heterocycles. The van der Waals surface area contributed by atoms with Gasteiger partial charge >= 0.3 is 0 Å². The first-order valence-electron chi connectivity index (χ1n) is 7.78. The van der Waals surface area contributed by atoms with E-state index in [1.54, 1.807) is 11.3 Å². The van der Waals surface area contributed by atoms with E-state index in [9.17, 15) is 0 Å². The molecule has 0 unspecified atom stereocenters. The maximum Gasteiger partial charge on any atom is 0.0900 e. The van der Waals surface area contributed by atoms with Crippen LogP contribution >= 0.6 is 11.3 Å². The Kier molecular flexibility index (Phi) is 23.1. The standard InChI is InChI=1S/C10H10N2S.C3H8.C2H5N.C2H6.CH3NO/c1-7-3-4-9(5-11-7)10-6-12-8(2)13-10;1-3-2;1-2-3;1-2;1-2-3/h3-6H,1-2H3;3H2,1-2H3;2H,1,3H2;1-2H3;3H,1H2. The molecule has 24 heavy (non-hydrogen) atoms. The number of oxime groups is 1. The van der Waals surface area contributed by atoms with E-state index < -0.39 is 0 Å². The zero-order valence-electron chi connectivity index (χ0n) is 15.8. The van der Waals surface area contributed by atoms with Crippen LogP contribution in [-0.2, 0) is 0 Å². The molecular weight excluding hydrogens is 320 g/mol. The number of pyridine rings is 1. The van der Waals surface area contributed by atoms with Crippen LogP contribution in [-0.4, -0.2) is 21.9 Å². The van der Waals surface area contributed by atoms with Gasteiger partial charge in [-0.3, -0.25) is 4.98 Å². The molecule has 136 valence electrons. The number of nitrogens with zero attached hydrogens (tertiary/aromatic N) is 3. The van der Waals surface area contributed by atoms with Crippen LogP contribution in [0.25, 0.3) is 10.4 Å². The number of rotatable bonds is 1. The van der Waals surface area contributed by atoms with Crippen molar-refractivity contribution < 1.29 is 5.21 Å². The van der Waals surface area contributed by atoms with Gasteiger partial charge in [-0.25, -0.2) is 4.98 Å². The van der Waals surface area contributed by atoms with E-state index >= 15 is 0 Å². The number of aryl methyl sites for hydroxylation is 2. The molecular formula is C18H32N4OS. The maximum atomic E-state index is 7.08. The summed E-state index contributed by atoms with van der Waals surface area (Å²) >= 11 is 1.70. The lowest BCUT2D eigenvalue weighted by Gasteiger charge is -1.95. The van der Waals surface area contributed by atoms with E-state index in [1.165, 1.54) is 17.5 Å². The maximum absolute atomic E-state index is 7.08. The number of nitrogens with two attached hydrogens (primary N) is 1. The summed E-state index contributed by atoms with van der Waals surface area (Å²) in [5.74, 6) is 0. The van der Waals surface area contributed by atoms with E-state index in [1.807, 2.05) is 46.2 Å². The summed E-state index contributed by atoms with van der Waals surface area (Å²) in [6.45, 7) is 18.1. The Balaban J connectivity index is -0.000000337. The molecule has 6 heteroatoms. The van der Waals surface area contributed by atoms with Crippen LogP contribution in [0.2, 0.25) is 0 Å². The Hall–Kier alpha value is -2.21. The first kappa shape index (κ1) is 26.7. The second-order valence-electron chi connectivity index (χ2n) is 4.02. The molecule has 0 bridgehead atoms. The summed E-state index contributed by atoms with van der Waals surface area (Å²) in [5.41, 5.74) is 6.81. The van der Waals surface area contributed by atoms with Gasteiger partial charge in [0.2, 0.25) is 0 Å². The molecule has 0 aliphatic heterocycles. The topological polar surface area (TPSA) is 84.4 Å². The molecule has 0 aromatic carbocycles. The third kappa shape index (κ3) is 16.2. The SMILES string of the molecule is C=CN.C=NO.CC.CCC.Cc1ccc(-c2cnc(C)s2)cn1. The molecule has 0 aliphatic carbocycles. The Morgan fingerprint density at radius 3 is 1.96 bits per heavy atom. The van der Waals surface area contributed by atoms with Crippen LogP contribution in [0.5, 0.6) is 0 Å². The molecule has 0 spiro atoms. The molecule has 0 saturated carbocycles. The van der Waals surface area contributed by atoms with Crippen molar-refractivity contribution >= 4 is 18.1 Å². The van der Waals surface area contributed by atoms with Gasteiger partial charge in [-0.05, 0) is 26.1 Å². The van der Waals surface area contributed by atoms with E-state index in [0.29, 0.717) is 0 Å². The van der Waals surface area contributed by atoms with Crippen LogP contribution in [0.4, 0.5) is 0 Å². The zero-order chi connectivity index (χ0) is 19.4. The fraction of sp³-hybridized carbons (Fsp3) is 0.389. The van der Waals surface area contributed by atoms with E-state index in [4.69, 9.17) is 5.21 Å². The van der Waals surface area contributed by atoms with Gasteiger partial charge in [0.15, 0.2) is 0 Å². The smallest absolute Gasteiger partial charge is 0.0900 e. The van der Waals surface area contributed by atoms with Crippen LogP contribution in [0.15, 0.2) is 42.5 Å². The Labute approximate surface area is 151 Å². The summed E-state index contributed by atoms with van der Waals surface area (Å²) in [6.07, 6.45) is 6.29. The fourth-order valence-corrected chi connectivity index (χ4v) is 1.88. The van der Waals surface area contributed by atoms with Crippen molar-refractivity contribution in [3.8, 4) is 10.4 Å². The minimum Gasteiger partial charge on any atom is -0.411 e. The summed E-state index contributed by atoms with van der Waals surface area (Å²) < 4.78 is 0. The van der Waals surface area contributed by atoms with Crippen molar-refractivity contribution in [3.05, 3.63) is 48.0 Å². The molecule has 0 fully saturated rings. The summed E-state index contributed by atoms with van der Waals surface area (Å²) in [6, 6.07) is 4.10. The molecule has 2 rings (SSSR count). The Bertz CT molecular complexity index is 504. The molecule has 0 atom stereocenters. The fourth-order valence-electron chi connectivity index (χ4n) is 1.11. The normalized spacial score (nSPS) is 7.58. The molecule has 0 amide bonds. The van der Waals surface area contributed by atoms with Crippen LogP contribution in [0, 0.1) is 13.8 Å². The first-order valence-corrected chi connectivity index (χ1v) is 8.60. The second kappa shape index (κ2) is 20.8. The molecule has 0 saturated heterocycles. The van der Waals surface area contributed by atoms with Crippen molar-refractivity contribution in [2.24, 2.45) is 10.9 Å². The number of aromatic nitrogens is 2. The van der Waals surface area contributed by atoms with Crippen molar-refractivity contribution in [2.75, 3.05) is 0 Å². The third-order valence-electron chi connectivity index (χ3n) is 1.82. The highest BCUT2D eigenvalue weighted by molar-refractivity contribution is 7.15. The van der Waals surface area contributed by atoms with Crippen molar-refractivity contribution in [1.29, 1.82) is 0 Å². The lowest BCUT2D eigenvalue weighted by molar-refractivity contribution is 0.323. The summed E-state index contributed by atoms with van der Waals surface area (Å²) in [7, 11) is 0. The van der Waals surface area contributed by atoms with Crippen LogP contribution in [0.1, 0.15) is 44.8 Å². The van der Waals surface area contributed by atoms with Gasteiger partial charge in [0, 0.05) is 30.4 Å². The molecule has 3 N–H and O–H groups in total. The van der Waals surface area contributed by atoms with Gasteiger partial charge in [-0.15, -0.1) is 16.5 Å². The second-order valence-corrected chi connectivity index (χ2v) is 5.25.